The summed E-state index contributed by atoms with van der Waals surface area (Å²) in [4.78, 5) is 11.6. The predicted molar refractivity (Wildman–Crippen MR) is 68.3 cm³/mol. The maximum Gasteiger partial charge on any atom is 0.422 e. The van der Waals surface area contributed by atoms with Crippen molar-refractivity contribution in [1.29, 1.82) is 0 Å². The van der Waals surface area contributed by atoms with Crippen molar-refractivity contribution >= 4 is 5.97 Å². The number of rotatable bonds is 3. The summed E-state index contributed by atoms with van der Waals surface area (Å²) in [6.07, 6.45) is -4.48. The summed E-state index contributed by atoms with van der Waals surface area (Å²) < 4.78 is 47.6. The second-order valence-corrected chi connectivity index (χ2v) is 4.18. The van der Waals surface area contributed by atoms with Gasteiger partial charge in [-0.2, -0.15) is 13.2 Å². The van der Waals surface area contributed by atoms with Gasteiger partial charge in [-0.3, -0.25) is 0 Å². The number of methoxy groups -OCH3 is 1. The van der Waals surface area contributed by atoms with E-state index in [1.807, 2.05) is 0 Å². The molecule has 0 aliphatic rings. The monoisotopic (exact) mass is 313 g/mol. The highest BCUT2D eigenvalue weighted by molar-refractivity contribution is 5.91. The van der Waals surface area contributed by atoms with Crippen LogP contribution >= 0.6 is 0 Å². The van der Waals surface area contributed by atoms with Crippen LogP contribution < -0.4 is 9.47 Å². The minimum atomic E-state index is -4.78. The lowest BCUT2D eigenvalue weighted by molar-refractivity contribution is -0.612. The Balaban J connectivity index is 2.54. The molecule has 0 saturated heterocycles. The van der Waals surface area contributed by atoms with Gasteiger partial charge in [-0.05, 0) is 18.2 Å². The number of carbonyl (C=O) groups excluding carboxylic acids is 1. The smallest absolute Gasteiger partial charge is 0.422 e. The molecule has 0 fully saturated rings. The van der Waals surface area contributed by atoms with Crippen LogP contribution in [0.2, 0.25) is 0 Å². The van der Waals surface area contributed by atoms with Crippen LogP contribution in [0, 0.1) is 5.21 Å². The third kappa shape index (κ3) is 3.27. The summed E-state index contributed by atoms with van der Waals surface area (Å²) in [5.41, 5.74) is -1.89. The third-order valence-electron chi connectivity index (χ3n) is 2.68. The van der Waals surface area contributed by atoms with E-state index in [1.165, 1.54) is 12.1 Å². The minimum absolute atomic E-state index is 0.151. The Labute approximate surface area is 123 Å². The second-order valence-electron chi connectivity index (χ2n) is 4.18. The van der Waals surface area contributed by atoms with Gasteiger partial charge >= 0.3 is 18.0 Å². The van der Waals surface area contributed by atoms with Crippen molar-refractivity contribution in [3.8, 4) is 11.6 Å². The summed E-state index contributed by atoms with van der Waals surface area (Å²) in [7, 11) is 0.990. The fraction of sp³-hybridized carbons (Fsp3) is 0.143. The highest BCUT2D eigenvalue weighted by atomic mass is 19.4. The summed E-state index contributed by atoms with van der Waals surface area (Å²) in [5.74, 6) is -1.51. The van der Waals surface area contributed by atoms with E-state index in [0.29, 0.717) is 12.3 Å². The Kier molecular flexibility index (Phi) is 4.20. The number of hydrogen-bond acceptors (Lipinski definition) is 4. The van der Waals surface area contributed by atoms with Gasteiger partial charge in [0, 0.05) is 0 Å². The number of esters is 1. The van der Waals surface area contributed by atoms with Crippen molar-refractivity contribution in [3.63, 3.8) is 0 Å². The maximum atomic E-state index is 12.7. The van der Waals surface area contributed by atoms with E-state index in [0.717, 1.165) is 7.11 Å². The molecular formula is C14H10F3NO4. The first-order valence-electron chi connectivity index (χ1n) is 5.98. The quantitative estimate of drug-likeness (QED) is 0.496. The zero-order valence-corrected chi connectivity index (χ0v) is 11.3. The Hall–Kier alpha value is -2.77. The lowest BCUT2D eigenvalue weighted by atomic mass is 10.2. The van der Waals surface area contributed by atoms with Crippen LogP contribution in [0.3, 0.4) is 0 Å². The first-order chi connectivity index (χ1) is 10.3. The van der Waals surface area contributed by atoms with Crippen LogP contribution in [-0.2, 0) is 10.9 Å². The summed E-state index contributed by atoms with van der Waals surface area (Å²) in [6.45, 7) is 0. The summed E-state index contributed by atoms with van der Waals surface area (Å²) >= 11 is 0. The van der Waals surface area contributed by atoms with E-state index in [1.54, 1.807) is 18.2 Å². The molecule has 1 aromatic heterocycles. The average molecular weight is 313 g/mol. The maximum absolute atomic E-state index is 12.7. The van der Waals surface area contributed by atoms with Crippen molar-refractivity contribution in [2.75, 3.05) is 7.11 Å². The van der Waals surface area contributed by atoms with E-state index in [9.17, 15) is 23.2 Å². The van der Waals surface area contributed by atoms with Gasteiger partial charge in [-0.25, -0.2) is 4.79 Å². The van der Waals surface area contributed by atoms with Gasteiger partial charge in [0.25, 0.3) is 0 Å². The fourth-order valence-electron chi connectivity index (χ4n) is 1.67. The number of hydrogen-bond donors (Lipinski definition) is 0. The number of aromatic nitrogens is 1. The van der Waals surface area contributed by atoms with Crippen molar-refractivity contribution in [1.82, 2.24) is 0 Å². The topological polar surface area (TPSA) is 62.5 Å². The molecule has 0 unspecified atom stereocenters. The number of carbonyl (C=O) groups is 1. The average Bonchev–Trinajstić information content (AvgIpc) is 2.48. The molecule has 0 saturated carbocycles. The van der Waals surface area contributed by atoms with E-state index in [4.69, 9.17) is 4.74 Å². The largest absolute Gasteiger partial charge is 0.616 e. The third-order valence-corrected chi connectivity index (χ3v) is 2.68. The molecule has 0 spiro atoms. The molecule has 116 valence electrons. The fourth-order valence-corrected chi connectivity index (χ4v) is 1.67. The molecule has 1 aromatic carbocycles. The lowest BCUT2D eigenvalue weighted by Crippen LogP contribution is -2.32. The van der Waals surface area contributed by atoms with E-state index in [2.05, 4.69) is 4.74 Å². The highest BCUT2D eigenvalue weighted by Gasteiger charge is 2.37. The Morgan fingerprint density at radius 2 is 1.86 bits per heavy atom. The van der Waals surface area contributed by atoms with Gasteiger partial charge in [0.05, 0.1) is 7.11 Å². The summed E-state index contributed by atoms with van der Waals surface area (Å²) in [5, 5.41) is 11.8. The van der Waals surface area contributed by atoms with E-state index < -0.39 is 29.2 Å². The summed E-state index contributed by atoms with van der Waals surface area (Å²) in [6, 6.07) is 8.38. The molecule has 5 nitrogen and oxygen atoms in total. The van der Waals surface area contributed by atoms with Gasteiger partial charge in [0.15, 0.2) is 11.8 Å². The van der Waals surface area contributed by atoms with E-state index in [-0.39, 0.29) is 10.5 Å². The zero-order valence-electron chi connectivity index (χ0n) is 11.3. The van der Waals surface area contributed by atoms with Crippen molar-refractivity contribution in [2.45, 2.75) is 6.18 Å². The highest BCUT2D eigenvalue weighted by Crippen LogP contribution is 2.32. The molecular weight excluding hydrogens is 303 g/mol. The molecule has 0 amide bonds. The number of nitrogens with zero attached hydrogens (tertiary/aromatic N) is 1. The molecule has 1 heterocycles. The van der Waals surface area contributed by atoms with Crippen LogP contribution in [0.1, 0.15) is 15.9 Å². The van der Waals surface area contributed by atoms with E-state index >= 15 is 0 Å². The van der Waals surface area contributed by atoms with Crippen molar-refractivity contribution < 1.29 is 32.2 Å². The molecule has 0 aliphatic carbocycles. The second kappa shape index (κ2) is 5.92. The number of para-hydroxylation sites is 1. The van der Waals surface area contributed by atoms with Crippen molar-refractivity contribution in [3.05, 3.63) is 58.9 Å². The lowest BCUT2D eigenvalue weighted by Gasteiger charge is -2.12. The van der Waals surface area contributed by atoms with Gasteiger partial charge in [0.1, 0.15) is 11.3 Å². The number of halogens is 3. The van der Waals surface area contributed by atoms with Crippen LogP contribution in [0.5, 0.6) is 11.6 Å². The molecule has 0 bridgehead atoms. The molecule has 0 atom stereocenters. The minimum Gasteiger partial charge on any atom is -0.616 e. The van der Waals surface area contributed by atoms with Gasteiger partial charge < -0.3 is 14.7 Å². The zero-order chi connectivity index (χ0) is 16.3. The molecule has 0 N–H and O–H groups in total. The van der Waals surface area contributed by atoms with Gasteiger partial charge in [-0.1, -0.05) is 18.2 Å². The molecule has 0 radical (unpaired) electrons. The van der Waals surface area contributed by atoms with Crippen molar-refractivity contribution in [2.24, 2.45) is 0 Å². The number of pyridine rings is 1. The standard InChI is InChI=1S/C14H10F3NO4/c1-21-13(19)11-7-9(14(15,16)17)8-18(20)12(11)22-10-5-3-2-4-6-10/h2-8H,1H3. The number of ether oxygens (including phenoxy) is 2. The first kappa shape index (κ1) is 15.6. The Bertz CT molecular complexity index is 686. The molecule has 2 rings (SSSR count). The molecule has 8 heteroatoms. The van der Waals surface area contributed by atoms with Gasteiger partial charge in [-0.15, -0.1) is 4.73 Å². The molecule has 0 aliphatic heterocycles. The SMILES string of the molecule is COC(=O)c1cc(C(F)(F)F)c[n+]([O-])c1Oc1ccccc1. The normalized spacial score (nSPS) is 11.1. The molecule has 22 heavy (non-hydrogen) atoms. The van der Waals surface area contributed by atoms with Gasteiger partial charge in [0.2, 0.25) is 0 Å². The van der Waals surface area contributed by atoms with Crippen LogP contribution in [0.15, 0.2) is 42.6 Å². The number of alkyl halides is 3. The predicted octanol–water partition coefficient (Wildman–Crippen LogP) is 2.92. The van der Waals surface area contributed by atoms with Crippen LogP contribution in [0.25, 0.3) is 0 Å². The Morgan fingerprint density at radius 1 is 1.23 bits per heavy atom. The Morgan fingerprint density at radius 3 is 2.41 bits per heavy atom. The van der Waals surface area contributed by atoms with Crippen LogP contribution in [-0.4, -0.2) is 13.1 Å². The first-order valence-corrected chi connectivity index (χ1v) is 5.98. The number of benzene rings is 1. The van der Waals surface area contributed by atoms with Crippen LogP contribution in [0.4, 0.5) is 13.2 Å². The molecule has 2 aromatic rings.